The SMILES string of the molecule is O=C(N=C(NC(=O)OCc1ccccc1)N1CCC[CH]C1C(=O)[C@@H]1CCCN1)OCc1ccccc1. The van der Waals surface area contributed by atoms with Crippen molar-refractivity contribution in [1.82, 2.24) is 15.5 Å². The number of alkyl carbamates (subject to hydrolysis) is 1. The predicted molar refractivity (Wildman–Crippen MR) is 134 cm³/mol. The van der Waals surface area contributed by atoms with Crippen molar-refractivity contribution in [3.63, 3.8) is 0 Å². The van der Waals surface area contributed by atoms with Gasteiger partial charge in [-0.3, -0.25) is 10.1 Å². The lowest BCUT2D eigenvalue weighted by molar-refractivity contribution is -0.124. The van der Waals surface area contributed by atoms with Crippen molar-refractivity contribution in [2.45, 2.75) is 51.0 Å². The van der Waals surface area contributed by atoms with E-state index >= 15 is 0 Å². The van der Waals surface area contributed by atoms with Crippen molar-refractivity contribution in [1.29, 1.82) is 0 Å². The van der Waals surface area contributed by atoms with Gasteiger partial charge >= 0.3 is 12.2 Å². The molecule has 0 saturated carbocycles. The minimum atomic E-state index is -0.868. The molecule has 2 aromatic rings. The number of ether oxygens (including phenoxy) is 2. The van der Waals surface area contributed by atoms with E-state index in [9.17, 15) is 14.4 Å². The van der Waals surface area contributed by atoms with Crippen LogP contribution in [0.4, 0.5) is 9.59 Å². The fourth-order valence-electron chi connectivity index (χ4n) is 4.30. The van der Waals surface area contributed by atoms with E-state index in [1.54, 1.807) is 4.90 Å². The molecule has 0 bridgehead atoms. The molecule has 189 valence electrons. The van der Waals surface area contributed by atoms with Gasteiger partial charge in [-0.2, -0.15) is 0 Å². The summed E-state index contributed by atoms with van der Waals surface area (Å²) in [5.74, 6) is -0.0598. The number of hydrogen-bond donors (Lipinski definition) is 2. The molecule has 9 heteroatoms. The molecule has 2 atom stereocenters. The Morgan fingerprint density at radius 1 is 0.944 bits per heavy atom. The highest BCUT2D eigenvalue weighted by Gasteiger charge is 2.37. The number of likely N-dealkylation sites (tertiary alicyclic amines) is 1. The summed E-state index contributed by atoms with van der Waals surface area (Å²) < 4.78 is 10.6. The lowest BCUT2D eigenvalue weighted by Gasteiger charge is -2.37. The van der Waals surface area contributed by atoms with Crippen LogP contribution in [-0.2, 0) is 27.5 Å². The predicted octanol–water partition coefficient (Wildman–Crippen LogP) is 3.60. The Morgan fingerprint density at radius 3 is 2.25 bits per heavy atom. The fraction of sp³-hybridized carbons (Fsp3) is 0.370. The summed E-state index contributed by atoms with van der Waals surface area (Å²) in [4.78, 5) is 44.2. The molecule has 2 N–H and O–H groups in total. The number of hydrogen-bond acceptors (Lipinski definition) is 6. The molecule has 2 fully saturated rings. The summed E-state index contributed by atoms with van der Waals surface area (Å²) in [5.41, 5.74) is 1.63. The van der Waals surface area contributed by atoms with E-state index in [4.69, 9.17) is 9.47 Å². The number of Topliss-reactive ketones (excluding diaryl/α,β-unsaturated/α-hetero) is 1. The van der Waals surface area contributed by atoms with Crippen LogP contribution in [0.2, 0.25) is 0 Å². The minimum Gasteiger partial charge on any atom is -0.444 e. The molecule has 2 aromatic carbocycles. The first-order valence-electron chi connectivity index (χ1n) is 12.2. The molecule has 4 rings (SSSR count). The summed E-state index contributed by atoms with van der Waals surface area (Å²) in [6.07, 6.45) is 3.46. The van der Waals surface area contributed by atoms with E-state index in [1.165, 1.54) is 0 Å². The lowest BCUT2D eigenvalue weighted by Crippen LogP contribution is -2.57. The van der Waals surface area contributed by atoms with Crippen LogP contribution >= 0.6 is 0 Å². The molecule has 2 amide bonds. The highest BCUT2D eigenvalue weighted by Crippen LogP contribution is 2.21. The highest BCUT2D eigenvalue weighted by atomic mass is 16.6. The Morgan fingerprint density at radius 2 is 1.61 bits per heavy atom. The Labute approximate surface area is 210 Å². The standard InChI is InChI=1S/C27H31N4O5/c32-24(22-14-9-16-28-22)23-15-7-8-17-31(23)25(29-26(33)35-18-20-10-3-1-4-11-20)30-27(34)36-19-21-12-5-2-6-13-21/h1-6,10-13,15,22-23,28H,7-9,14,16-19H2,(H,29,30,33,34)/t22-,23?/m0/s1. The molecule has 36 heavy (non-hydrogen) atoms. The number of ketones is 1. The Kier molecular flexibility index (Phi) is 9.04. The van der Waals surface area contributed by atoms with Crippen LogP contribution in [0.15, 0.2) is 65.7 Å². The second-order valence-corrected chi connectivity index (χ2v) is 8.73. The van der Waals surface area contributed by atoms with Crippen LogP contribution in [0.3, 0.4) is 0 Å². The zero-order valence-corrected chi connectivity index (χ0v) is 20.1. The van der Waals surface area contributed by atoms with Crippen LogP contribution in [-0.4, -0.2) is 54.0 Å². The van der Waals surface area contributed by atoms with Crippen molar-refractivity contribution >= 4 is 23.9 Å². The summed E-state index contributed by atoms with van der Waals surface area (Å²) in [6, 6.07) is 17.6. The number of carbonyl (C=O) groups excluding carboxylic acids is 3. The van der Waals surface area contributed by atoms with Crippen molar-refractivity contribution in [2.24, 2.45) is 4.99 Å². The molecule has 1 radical (unpaired) electrons. The second-order valence-electron chi connectivity index (χ2n) is 8.73. The number of guanidine groups is 1. The van der Waals surface area contributed by atoms with Gasteiger partial charge < -0.3 is 19.7 Å². The minimum absolute atomic E-state index is 0.00277. The Balaban J connectivity index is 1.49. The van der Waals surface area contributed by atoms with Gasteiger partial charge in [0.15, 0.2) is 5.78 Å². The third-order valence-electron chi connectivity index (χ3n) is 6.13. The van der Waals surface area contributed by atoms with Crippen LogP contribution in [0.5, 0.6) is 0 Å². The topological polar surface area (TPSA) is 109 Å². The molecular formula is C27H31N4O5. The molecule has 0 spiro atoms. The maximum absolute atomic E-state index is 13.3. The van der Waals surface area contributed by atoms with Crippen LogP contribution in [0, 0.1) is 6.42 Å². The van der Waals surface area contributed by atoms with E-state index in [0.717, 1.165) is 43.4 Å². The van der Waals surface area contributed by atoms with Crippen molar-refractivity contribution in [3.8, 4) is 0 Å². The van der Waals surface area contributed by atoms with Crippen LogP contribution in [0.1, 0.15) is 36.8 Å². The Bertz CT molecular complexity index is 1050. The number of amides is 2. The van der Waals surface area contributed by atoms with E-state index in [-0.39, 0.29) is 31.0 Å². The first-order chi connectivity index (χ1) is 17.6. The zero-order valence-electron chi connectivity index (χ0n) is 20.1. The van der Waals surface area contributed by atoms with E-state index in [1.807, 2.05) is 67.1 Å². The average Bonchev–Trinajstić information content (AvgIpc) is 3.46. The smallest absolute Gasteiger partial charge is 0.437 e. The third kappa shape index (κ3) is 7.14. The number of benzene rings is 2. The van der Waals surface area contributed by atoms with Crippen LogP contribution in [0.25, 0.3) is 0 Å². The summed E-state index contributed by atoms with van der Waals surface area (Å²) in [7, 11) is 0. The molecule has 9 nitrogen and oxygen atoms in total. The number of aliphatic imine (C=N–C) groups is 1. The molecular weight excluding hydrogens is 460 g/mol. The molecule has 0 aromatic heterocycles. The van der Waals surface area contributed by atoms with Crippen molar-refractivity contribution < 1.29 is 23.9 Å². The van der Waals surface area contributed by atoms with E-state index in [0.29, 0.717) is 6.54 Å². The van der Waals surface area contributed by atoms with Gasteiger partial charge in [0.1, 0.15) is 13.2 Å². The van der Waals surface area contributed by atoms with Gasteiger partial charge in [0.2, 0.25) is 5.96 Å². The van der Waals surface area contributed by atoms with Gasteiger partial charge in [-0.15, -0.1) is 4.99 Å². The highest BCUT2D eigenvalue weighted by molar-refractivity contribution is 6.02. The van der Waals surface area contributed by atoms with Gasteiger partial charge in [0.05, 0.1) is 12.1 Å². The fourth-order valence-corrected chi connectivity index (χ4v) is 4.30. The number of rotatable bonds is 6. The second kappa shape index (κ2) is 12.8. The summed E-state index contributed by atoms with van der Waals surface area (Å²) in [6.45, 7) is 1.33. The first kappa shape index (κ1) is 25.4. The largest absolute Gasteiger partial charge is 0.444 e. The van der Waals surface area contributed by atoms with Gasteiger partial charge in [-0.1, -0.05) is 60.7 Å². The average molecular weight is 492 g/mol. The number of piperidine rings is 1. The molecule has 2 aliphatic rings. The lowest BCUT2D eigenvalue weighted by atomic mass is 9.94. The maximum Gasteiger partial charge on any atom is 0.437 e. The summed E-state index contributed by atoms with van der Waals surface area (Å²) >= 11 is 0. The van der Waals surface area contributed by atoms with Gasteiger partial charge in [0, 0.05) is 6.54 Å². The quantitative estimate of drug-likeness (QED) is 0.469. The molecule has 2 aliphatic heterocycles. The monoisotopic (exact) mass is 491 g/mol. The number of nitrogens with zero attached hydrogens (tertiary/aromatic N) is 2. The zero-order chi connectivity index (χ0) is 25.2. The van der Waals surface area contributed by atoms with Gasteiger partial charge in [-0.05, 0) is 49.8 Å². The number of nitrogens with one attached hydrogen (secondary N) is 2. The van der Waals surface area contributed by atoms with E-state index in [2.05, 4.69) is 15.6 Å². The molecule has 0 aliphatic carbocycles. The van der Waals surface area contributed by atoms with Gasteiger partial charge in [-0.25, -0.2) is 9.59 Å². The molecule has 2 saturated heterocycles. The Hall–Kier alpha value is -3.72. The normalized spacial score (nSPS) is 20.0. The molecule has 2 heterocycles. The van der Waals surface area contributed by atoms with Gasteiger partial charge in [0.25, 0.3) is 0 Å². The van der Waals surface area contributed by atoms with E-state index < -0.39 is 18.2 Å². The number of carbonyl (C=O) groups is 3. The van der Waals surface area contributed by atoms with Crippen LogP contribution < -0.4 is 10.6 Å². The van der Waals surface area contributed by atoms with Crippen molar-refractivity contribution in [3.05, 3.63) is 78.2 Å². The summed E-state index contributed by atoms with van der Waals surface area (Å²) in [5, 5.41) is 5.81. The maximum atomic E-state index is 13.3. The first-order valence-corrected chi connectivity index (χ1v) is 12.2. The molecule has 1 unspecified atom stereocenters. The van der Waals surface area contributed by atoms with Crippen molar-refractivity contribution in [2.75, 3.05) is 13.1 Å². The third-order valence-corrected chi connectivity index (χ3v) is 6.13.